The number of benzene rings is 9. The van der Waals surface area contributed by atoms with E-state index in [0.29, 0.717) is 5.89 Å². The van der Waals surface area contributed by atoms with Crippen molar-refractivity contribution >= 4 is 92.2 Å². The number of oxazole rings is 1. The molecule has 3 aromatic heterocycles. The zero-order chi connectivity index (χ0) is 38.2. The van der Waals surface area contributed by atoms with Gasteiger partial charge in [0.2, 0.25) is 5.89 Å². The summed E-state index contributed by atoms with van der Waals surface area (Å²) in [5.74, 6) is 0.601. The minimum Gasteiger partial charge on any atom is -0.434 e. The number of aromatic nitrogens is 2. The molecular formula is C53H33N3OS. The molecule has 0 unspecified atom stereocenters. The van der Waals surface area contributed by atoms with E-state index in [0.717, 1.165) is 72.3 Å². The average Bonchev–Trinajstić information content (AvgIpc) is 4.00. The molecule has 12 aromatic rings. The van der Waals surface area contributed by atoms with Gasteiger partial charge in [0.25, 0.3) is 0 Å². The average molecular weight is 760 g/mol. The minimum absolute atomic E-state index is 0.601. The molecule has 0 saturated carbocycles. The summed E-state index contributed by atoms with van der Waals surface area (Å²) in [6.07, 6.45) is 0. The van der Waals surface area contributed by atoms with E-state index >= 15 is 0 Å². The Balaban J connectivity index is 1.16. The summed E-state index contributed by atoms with van der Waals surface area (Å²) in [7, 11) is 0. The minimum atomic E-state index is 0.601. The van der Waals surface area contributed by atoms with Gasteiger partial charge >= 0.3 is 0 Å². The second-order valence-corrected chi connectivity index (χ2v) is 15.8. The lowest BCUT2D eigenvalue weighted by atomic mass is 10.0. The zero-order valence-corrected chi connectivity index (χ0v) is 32.0. The second kappa shape index (κ2) is 13.1. The Morgan fingerprint density at radius 2 is 1.19 bits per heavy atom. The summed E-state index contributed by atoms with van der Waals surface area (Å²) in [6.45, 7) is 0. The van der Waals surface area contributed by atoms with E-state index in [-0.39, 0.29) is 0 Å². The van der Waals surface area contributed by atoms with Gasteiger partial charge in [0, 0.05) is 53.3 Å². The van der Waals surface area contributed by atoms with E-state index in [2.05, 4.69) is 210 Å². The van der Waals surface area contributed by atoms with Crippen LogP contribution in [-0.2, 0) is 0 Å². The van der Waals surface area contributed by atoms with Crippen LogP contribution in [-0.4, -0.2) is 9.55 Å². The second-order valence-electron chi connectivity index (χ2n) is 14.7. The van der Waals surface area contributed by atoms with Gasteiger partial charge in [0.1, 0.15) is 5.52 Å². The largest absolute Gasteiger partial charge is 0.434 e. The first-order chi connectivity index (χ1) is 28.8. The van der Waals surface area contributed by atoms with Crippen molar-refractivity contribution in [2.45, 2.75) is 0 Å². The standard InChI is InChI=1S/C53H33N3OS/c1-3-15-34(16-4-1)35-18-13-21-39(31-35)55(46-27-14-25-44-52(46)57-53(54-44)37-29-30-42-41-23-10-12-28-48(41)58-49(42)33-37)47-32-36-17-7-8-22-40(36)51-50(47)43-24-9-11-26-45(43)56(51)38-19-5-2-6-20-38/h1-33H. The van der Waals surface area contributed by atoms with Crippen LogP contribution in [0.2, 0.25) is 0 Å². The molecule has 0 aliphatic heterocycles. The van der Waals surface area contributed by atoms with Crippen molar-refractivity contribution in [3.05, 3.63) is 200 Å². The van der Waals surface area contributed by atoms with Crippen molar-refractivity contribution in [3.63, 3.8) is 0 Å². The number of para-hydroxylation sites is 3. The van der Waals surface area contributed by atoms with Gasteiger partial charge in [-0.05, 0) is 83.2 Å². The van der Waals surface area contributed by atoms with Crippen molar-refractivity contribution in [3.8, 4) is 28.3 Å². The molecule has 0 atom stereocenters. The Kier molecular flexibility index (Phi) is 7.37. The van der Waals surface area contributed by atoms with E-state index in [1.807, 2.05) is 0 Å². The monoisotopic (exact) mass is 759 g/mol. The van der Waals surface area contributed by atoms with Crippen molar-refractivity contribution in [1.82, 2.24) is 9.55 Å². The fourth-order valence-electron chi connectivity index (χ4n) is 8.79. The molecule has 0 saturated heterocycles. The lowest BCUT2D eigenvalue weighted by Gasteiger charge is -2.27. The molecule has 4 nitrogen and oxygen atoms in total. The normalized spacial score (nSPS) is 11.8. The number of anilines is 3. The molecule has 0 spiro atoms. The molecule has 0 fully saturated rings. The highest BCUT2D eigenvalue weighted by Gasteiger charge is 2.26. The highest BCUT2D eigenvalue weighted by Crippen LogP contribution is 2.49. The van der Waals surface area contributed by atoms with Gasteiger partial charge in [0.15, 0.2) is 5.58 Å². The molecule has 272 valence electrons. The predicted octanol–water partition coefficient (Wildman–Crippen LogP) is 15.2. The SMILES string of the molecule is c1ccc(-c2cccc(N(c3cccc4nc(-c5ccc6c(c5)sc5ccccc56)oc34)c3cc4ccccc4c4c3c3ccccc3n4-c3ccccc3)c2)cc1. The van der Waals surface area contributed by atoms with E-state index in [4.69, 9.17) is 9.40 Å². The summed E-state index contributed by atoms with van der Waals surface area (Å²) in [6, 6.07) is 71.5. The van der Waals surface area contributed by atoms with Crippen LogP contribution in [0.4, 0.5) is 17.1 Å². The van der Waals surface area contributed by atoms with Crippen molar-refractivity contribution in [2.75, 3.05) is 4.90 Å². The zero-order valence-electron chi connectivity index (χ0n) is 31.2. The summed E-state index contributed by atoms with van der Waals surface area (Å²) in [5.41, 5.74) is 11.2. The van der Waals surface area contributed by atoms with Crippen LogP contribution in [0.3, 0.4) is 0 Å². The summed E-state index contributed by atoms with van der Waals surface area (Å²) < 4.78 is 11.9. The van der Waals surface area contributed by atoms with E-state index in [9.17, 15) is 0 Å². The van der Waals surface area contributed by atoms with Crippen LogP contribution in [0.25, 0.3) is 92.1 Å². The molecule has 0 aliphatic carbocycles. The first-order valence-electron chi connectivity index (χ1n) is 19.5. The highest BCUT2D eigenvalue weighted by atomic mass is 32.1. The molecular weight excluding hydrogens is 727 g/mol. The Labute approximate surface area is 338 Å². The van der Waals surface area contributed by atoms with Crippen LogP contribution >= 0.6 is 11.3 Å². The molecule has 0 amide bonds. The third kappa shape index (κ3) is 5.11. The number of hydrogen-bond donors (Lipinski definition) is 0. The maximum atomic E-state index is 6.96. The lowest BCUT2D eigenvalue weighted by Crippen LogP contribution is -2.11. The van der Waals surface area contributed by atoms with Gasteiger partial charge < -0.3 is 13.9 Å². The van der Waals surface area contributed by atoms with E-state index in [1.54, 1.807) is 11.3 Å². The number of hydrogen-bond acceptors (Lipinski definition) is 4. The Bertz CT molecular complexity index is 3530. The molecule has 0 radical (unpaired) electrons. The van der Waals surface area contributed by atoms with Gasteiger partial charge in [-0.3, -0.25) is 0 Å². The smallest absolute Gasteiger partial charge is 0.227 e. The molecule has 0 aliphatic rings. The van der Waals surface area contributed by atoms with Gasteiger partial charge in [0.05, 0.1) is 22.4 Å². The number of rotatable bonds is 6. The number of thiophene rings is 1. The van der Waals surface area contributed by atoms with E-state index in [1.165, 1.54) is 30.9 Å². The van der Waals surface area contributed by atoms with Crippen LogP contribution < -0.4 is 4.90 Å². The summed E-state index contributed by atoms with van der Waals surface area (Å²) >= 11 is 1.80. The van der Waals surface area contributed by atoms with Gasteiger partial charge in [-0.25, -0.2) is 4.98 Å². The molecule has 0 N–H and O–H groups in total. The summed E-state index contributed by atoms with van der Waals surface area (Å²) in [5, 5.41) is 7.20. The van der Waals surface area contributed by atoms with Crippen LogP contribution in [0, 0.1) is 0 Å². The Hall–Kier alpha value is -7.47. The van der Waals surface area contributed by atoms with Crippen LogP contribution in [0.1, 0.15) is 0 Å². The van der Waals surface area contributed by atoms with Crippen molar-refractivity contribution in [1.29, 1.82) is 0 Å². The quantitative estimate of drug-likeness (QED) is 0.169. The van der Waals surface area contributed by atoms with Crippen molar-refractivity contribution in [2.24, 2.45) is 0 Å². The topological polar surface area (TPSA) is 34.2 Å². The van der Waals surface area contributed by atoms with Crippen molar-refractivity contribution < 1.29 is 4.42 Å². The molecule has 12 rings (SSSR count). The van der Waals surface area contributed by atoms with Gasteiger partial charge in [-0.2, -0.15) is 0 Å². The van der Waals surface area contributed by atoms with Gasteiger partial charge in [-0.15, -0.1) is 11.3 Å². The maximum absolute atomic E-state index is 6.96. The summed E-state index contributed by atoms with van der Waals surface area (Å²) in [4.78, 5) is 7.54. The van der Waals surface area contributed by atoms with Crippen LogP contribution in [0.5, 0.6) is 0 Å². The fourth-order valence-corrected chi connectivity index (χ4v) is 9.94. The fraction of sp³-hybridized carbons (Fsp3) is 0. The predicted molar refractivity (Wildman–Crippen MR) is 244 cm³/mol. The van der Waals surface area contributed by atoms with Gasteiger partial charge in [-0.1, -0.05) is 133 Å². The number of nitrogens with zero attached hydrogens (tertiary/aromatic N) is 3. The Morgan fingerprint density at radius 1 is 0.483 bits per heavy atom. The molecule has 3 heterocycles. The first-order valence-corrected chi connectivity index (χ1v) is 20.4. The van der Waals surface area contributed by atoms with E-state index < -0.39 is 0 Å². The molecule has 58 heavy (non-hydrogen) atoms. The lowest BCUT2D eigenvalue weighted by molar-refractivity contribution is 0.620. The Morgan fingerprint density at radius 3 is 2.07 bits per heavy atom. The molecule has 9 aromatic carbocycles. The third-order valence-corrected chi connectivity index (χ3v) is 12.5. The molecule has 5 heteroatoms. The number of fused-ring (bicyclic) bond motifs is 9. The first kappa shape index (κ1) is 32.7. The van der Waals surface area contributed by atoms with Crippen LogP contribution in [0.15, 0.2) is 205 Å². The maximum Gasteiger partial charge on any atom is 0.227 e. The third-order valence-electron chi connectivity index (χ3n) is 11.4. The molecule has 0 bridgehead atoms. The highest BCUT2D eigenvalue weighted by molar-refractivity contribution is 7.25.